The molecule has 0 spiro atoms. The smallest absolute Gasteiger partial charge is 0.264 e. The normalized spacial score (nSPS) is 10.9. The molecule has 156 valence electrons. The van der Waals surface area contributed by atoms with Crippen LogP contribution in [0.25, 0.3) is 0 Å². The fraction of sp³-hybridized carbons (Fsp3) is 0.158. The number of nitrogens with two attached hydrogens (primary N) is 1. The number of hydrogen-bond acceptors (Lipinski definition) is 8. The third kappa shape index (κ3) is 5.97. The highest BCUT2D eigenvalue weighted by atomic mass is 79.9. The molecule has 0 aliphatic carbocycles. The first kappa shape index (κ1) is 21.7. The molecule has 0 radical (unpaired) electrons. The molecule has 4 N–H and O–H groups in total. The minimum absolute atomic E-state index is 0.131. The van der Waals surface area contributed by atoms with E-state index in [1.807, 2.05) is 55.5 Å². The number of hydrazone groups is 1. The summed E-state index contributed by atoms with van der Waals surface area (Å²) in [5.74, 6) is 6.98. The minimum atomic E-state index is -0.182. The maximum absolute atomic E-state index is 12.2. The quantitative estimate of drug-likeness (QED) is 0.182. The fourth-order valence-corrected chi connectivity index (χ4v) is 3.35. The van der Waals surface area contributed by atoms with Crippen LogP contribution in [0.2, 0.25) is 0 Å². The summed E-state index contributed by atoms with van der Waals surface area (Å²) in [7, 11) is 0. The Hall–Kier alpha value is -3.05. The van der Waals surface area contributed by atoms with E-state index in [1.165, 1.54) is 16.4 Å². The number of nitrogens with zero attached hydrogens (tertiary/aromatic N) is 4. The van der Waals surface area contributed by atoms with Crippen molar-refractivity contribution in [2.75, 3.05) is 28.9 Å². The molecule has 30 heavy (non-hydrogen) atoms. The Morgan fingerprint density at radius 1 is 1.27 bits per heavy atom. The number of nitrogens with one attached hydrogen (secondary N) is 2. The van der Waals surface area contributed by atoms with Gasteiger partial charge in [0.1, 0.15) is 5.75 Å². The Morgan fingerprint density at radius 2 is 2.03 bits per heavy atom. The number of halogens is 1. The zero-order valence-electron chi connectivity index (χ0n) is 16.1. The van der Waals surface area contributed by atoms with Gasteiger partial charge < -0.3 is 15.9 Å². The van der Waals surface area contributed by atoms with E-state index < -0.39 is 0 Å². The van der Waals surface area contributed by atoms with Crippen LogP contribution in [0.1, 0.15) is 12.5 Å². The molecule has 0 aliphatic rings. The summed E-state index contributed by atoms with van der Waals surface area (Å²) < 4.78 is 7.45. The number of aromatic nitrogens is 3. The maximum atomic E-state index is 12.2. The van der Waals surface area contributed by atoms with Gasteiger partial charge in [-0.3, -0.25) is 4.79 Å². The second-order valence-corrected chi connectivity index (χ2v) is 7.66. The lowest BCUT2D eigenvalue weighted by Crippen LogP contribution is -2.17. The van der Waals surface area contributed by atoms with Crippen LogP contribution >= 0.6 is 27.7 Å². The zero-order chi connectivity index (χ0) is 21.3. The van der Waals surface area contributed by atoms with Crippen LogP contribution in [0.4, 0.5) is 11.6 Å². The molecule has 1 aromatic heterocycles. The second kappa shape index (κ2) is 10.6. The van der Waals surface area contributed by atoms with E-state index in [2.05, 4.69) is 42.0 Å². The number of carbonyl (C=O) groups excluding carboxylic acids is 1. The topological polar surface area (TPSA) is 119 Å². The number of ether oxygens (including phenoxy) is 1. The largest absolute Gasteiger partial charge is 0.494 e. The highest BCUT2D eigenvalue weighted by Crippen LogP contribution is 2.22. The molecule has 1 heterocycles. The molecule has 9 nitrogen and oxygen atoms in total. The minimum Gasteiger partial charge on any atom is -0.494 e. The van der Waals surface area contributed by atoms with Gasteiger partial charge in [0.05, 0.1) is 24.3 Å². The molecule has 0 unspecified atom stereocenters. The average Bonchev–Trinajstić information content (AvgIpc) is 3.09. The summed E-state index contributed by atoms with van der Waals surface area (Å²) >= 11 is 4.56. The third-order valence-corrected chi connectivity index (χ3v) is 5.35. The van der Waals surface area contributed by atoms with Gasteiger partial charge >= 0.3 is 0 Å². The van der Waals surface area contributed by atoms with Gasteiger partial charge in [-0.25, -0.2) is 10.1 Å². The van der Waals surface area contributed by atoms with E-state index in [-0.39, 0.29) is 17.6 Å². The van der Waals surface area contributed by atoms with Gasteiger partial charge in [0.25, 0.3) is 5.95 Å². The third-order valence-electron chi connectivity index (χ3n) is 3.71. The molecule has 2 aromatic carbocycles. The lowest BCUT2D eigenvalue weighted by atomic mass is 10.2. The molecular formula is C19H20BrN7O2S. The number of anilines is 2. The van der Waals surface area contributed by atoms with Crippen LogP contribution in [0.5, 0.6) is 5.75 Å². The molecule has 1 amide bonds. The number of hydrogen-bond donors (Lipinski definition) is 3. The Morgan fingerprint density at radius 3 is 2.77 bits per heavy atom. The Bertz CT molecular complexity index is 1020. The summed E-state index contributed by atoms with van der Waals surface area (Å²) in [4.78, 5) is 12.2. The second-order valence-electron chi connectivity index (χ2n) is 5.86. The first-order chi connectivity index (χ1) is 14.6. The van der Waals surface area contributed by atoms with Crippen molar-refractivity contribution in [1.29, 1.82) is 0 Å². The van der Waals surface area contributed by atoms with Crippen LogP contribution in [-0.2, 0) is 4.79 Å². The zero-order valence-corrected chi connectivity index (χ0v) is 18.5. The Kier molecular flexibility index (Phi) is 7.69. The lowest BCUT2D eigenvalue weighted by molar-refractivity contribution is -0.113. The van der Waals surface area contributed by atoms with Gasteiger partial charge in [-0.1, -0.05) is 23.9 Å². The van der Waals surface area contributed by atoms with Gasteiger partial charge in [0.15, 0.2) is 0 Å². The van der Waals surface area contributed by atoms with Crippen LogP contribution in [-0.4, -0.2) is 39.4 Å². The molecule has 11 heteroatoms. The number of carbonyl (C=O) groups is 1. The van der Waals surface area contributed by atoms with Crippen molar-refractivity contribution in [2.24, 2.45) is 5.10 Å². The SMILES string of the molecule is CCOc1ccc(/C=N/Nc2nnc(SCC(=O)Nc3ccccc3Br)n2N)cc1. The first-order valence-corrected chi connectivity index (χ1v) is 10.7. The van der Waals surface area contributed by atoms with Crippen LogP contribution in [0.3, 0.4) is 0 Å². The molecule has 0 bridgehead atoms. The van der Waals surface area contributed by atoms with Crippen molar-refractivity contribution < 1.29 is 9.53 Å². The number of benzene rings is 2. The predicted molar refractivity (Wildman–Crippen MR) is 122 cm³/mol. The summed E-state index contributed by atoms with van der Waals surface area (Å²) in [6, 6.07) is 14.9. The van der Waals surface area contributed by atoms with E-state index in [0.29, 0.717) is 17.5 Å². The van der Waals surface area contributed by atoms with Crippen molar-refractivity contribution in [2.45, 2.75) is 12.1 Å². The summed E-state index contributed by atoms with van der Waals surface area (Å²) in [5, 5.41) is 15.2. The van der Waals surface area contributed by atoms with Crippen molar-refractivity contribution >= 4 is 51.4 Å². The van der Waals surface area contributed by atoms with Crippen molar-refractivity contribution in [3.63, 3.8) is 0 Å². The van der Waals surface area contributed by atoms with Gasteiger partial charge in [-0.2, -0.15) is 5.10 Å². The van der Waals surface area contributed by atoms with Crippen molar-refractivity contribution in [1.82, 2.24) is 14.9 Å². The first-order valence-electron chi connectivity index (χ1n) is 8.96. The van der Waals surface area contributed by atoms with Crippen LogP contribution in [0.15, 0.2) is 63.3 Å². The van der Waals surface area contributed by atoms with E-state index in [9.17, 15) is 4.79 Å². The molecule has 0 saturated heterocycles. The van der Waals surface area contributed by atoms with E-state index >= 15 is 0 Å². The van der Waals surface area contributed by atoms with Gasteiger partial charge in [-0.05, 0) is 64.8 Å². The van der Waals surface area contributed by atoms with Gasteiger partial charge in [0, 0.05) is 4.47 Å². The predicted octanol–water partition coefficient (Wildman–Crippen LogP) is 3.33. The highest BCUT2D eigenvalue weighted by Gasteiger charge is 2.12. The molecule has 3 rings (SSSR count). The maximum Gasteiger partial charge on any atom is 0.264 e. The average molecular weight is 490 g/mol. The molecule has 0 fully saturated rings. The van der Waals surface area contributed by atoms with Crippen LogP contribution < -0.4 is 21.3 Å². The van der Waals surface area contributed by atoms with Gasteiger partial charge in [0.2, 0.25) is 11.1 Å². The number of rotatable bonds is 9. The molecule has 3 aromatic rings. The summed E-state index contributed by atoms with van der Waals surface area (Å²) in [5.41, 5.74) is 4.32. The number of amides is 1. The number of thioether (sulfide) groups is 1. The fourth-order valence-electron chi connectivity index (χ4n) is 2.31. The summed E-state index contributed by atoms with van der Waals surface area (Å²) in [6.45, 7) is 2.55. The number of nitrogen functional groups attached to an aromatic ring is 1. The van der Waals surface area contributed by atoms with Gasteiger partial charge in [-0.15, -0.1) is 10.2 Å². The van der Waals surface area contributed by atoms with E-state index in [1.54, 1.807) is 6.21 Å². The standard InChI is InChI=1S/C19H20BrN7O2S/c1-2-29-14-9-7-13(8-10-14)11-22-24-18-25-26-19(27(18)21)30-12-17(28)23-16-6-4-3-5-15(16)20/h3-11H,2,12,21H2,1H3,(H,23,28)(H,24,25)/b22-11+. The molecule has 0 aliphatic heterocycles. The Labute approximate surface area is 186 Å². The van der Waals surface area contributed by atoms with E-state index in [0.717, 1.165) is 15.8 Å². The van der Waals surface area contributed by atoms with Crippen LogP contribution in [0, 0.1) is 0 Å². The summed E-state index contributed by atoms with van der Waals surface area (Å²) in [6.07, 6.45) is 1.63. The van der Waals surface area contributed by atoms with Crippen molar-refractivity contribution in [3.8, 4) is 5.75 Å². The Balaban J connectivity index is 1.51. The van der Waals surface area contributed by atoms with Crippen molar-refractivity contribution in [3.05, 3.63) is 58.6 Å². The lowest BCUT2D eigenvalue weighted by Gasteiger charge is -2.06. The highest BCUT2D eigenvalue weighted by molar-refractivity contribution is 9.10. The van der Waals surface area contributed by atoms with E-state index in [4.69, 9.17) is 10.6 Å². The molecular weight excluding hydrogens is 470 g/mol. The molecule has 0 atom stereocenters. The molecule has 0 saturated carbocycles. The number of para-hydroxylation sites is 1. The monoisotopic (exact) mass is 489 g/mol.